The number of nitrogens with zero attached hydrogens (tertiary/aromatic N) is 1. The lowest BCUT2D eigenvalue weighted by Crippen LogP contribution is -2.31. The highest BCUT2D eigenvalue weighted by Gasteiger charge is 2.37. The highest BCUT2D eigenvalue weighted by atomic mass is 19.1. The normalized spacial score (nSPS) is 24.7. The Morgan fingerprint density at radius 3 is 2.90 bits per heavy atom. The molecular formula is C17H20FNO. The Morgan fingerprint density at radius 2 is 2.20 bits per heavy atom. The van der Waals surface area contributed by atoms with Crippen molar-refractivity contribution in [2.24, 2.45) is 5.92 Å². The molecule has 106 valence electrons. The molecule has 1 aromatic carbocycles. The quantitative estimate of drug-likeness (QED) is 0.856. The van der Waals surface area contributed by atoms with E-state index < -0.39 is 0 Å². The van der Waals surface area contributed by atoms with Crippen molar-refractivity contribution < 1.29 is 9.50 Å². The molecule has 2 fully saturated rings. The predicted molar refractivity (Wildman–Crippen MR) is 76.5 cm³/mol. The first-order chi connectivity index (χ1) is 9.74. The molecule has 2 unspecified atom stereocenters. The Morgan fingerprint density at radius 1 is 1.30 bits per heavy atom. The van der Waals surface area contributed by atoms with Crippen LogP contribution in [-0.4, -0.2) is 29.2 Å². The third kappa shape index (κ3) is 3.03. The molecule has 0 radical (unpaired) electrons. The van der Waals surface area contributed by atoms with Gasteiger partial charge in [0.15, 0.2) is 0 Å². The number of fused-ring (bicyclic) bond motifs is 2. The molecule has 0 aromatic heterocycles. The number of aliphatic hydroxyl groups is 1. The molecule has 1 aromatic rings. The van der Waals surface area contributed by atoms with Gasteiger partial charge in [-0.25, -0.2) is 4.39 Å². The molecular weight excluding hydrogens is 253 g/mol. The zero-order chi connectivity index (χ0) is 13.9. The molecule has 2 nitrogen and oxygen atoms in total. The monoisotopic (exact) mass is 273 g/mol. The van der Waals surface area contributed by atoms with Crippen molar-refractivity contribution in [1.29, 1.82) is 0 Å². The van der Waals surface area contributed by atoms with E-state index >= 15 is 0 Å². The Bertz CT molecular complexity index is 546. The second-order valence-electron chi connectivity index (χ2n) is 5.89. The number of hydrogen-bond donors (Lipinski definition) is 1. The number of aliphatic hydroxyl groups excluding tert-OH is 1. The second kappa shape index (κ2) is 5.95. The third-order valence-corrected chi connectivity index (χ3v) is 4.34. The Kier molecular flexibility index (Phi) is 4.05. The summed E-state index contributed by atoms with van der Waals surface area (Å²) in [5, 5.41) is 8.72. The number of hydrogen-bond acceptors (Lipinski definition) is 2. The molecule has 3 rings (SSSR count). The van der Waals surface area contributed by atoms with Crippen LogP contribution in [0.5, 0.6) is 0 Å². The van der Waals surface area contributed by atoms with Crippen LogP contribution in [0, 0.1) is 23.6 Å². The summed E-state index contributed by atoms with van der Waals surface area (Å²) in [6.07, 6.45) is 4.41. The van der Waals surface area contributed by atoms with E-state index in [4.69, 9.17) is 5.11 Å². The fourth-order valence-corrected chi connectivity index (χ4v) is 3.49. The minimum Gasteiger partial charge on any atom is -0.395 e. The summed E-state index contributed by atoms with van der Waals surface area (Å²) in [6, 6.07) is 5.75. The van der Waals surface area contributed by atoms with Crippen molar-refractivity contribution in [3.63, 3.8) is 0 Å². The average Bonchev–Trinajstić information content (AvgIpc) is 3.00. The van der Waals surface area contributed by atoms with Crippen LogP contribution in [0.3, 0.4) is 0 Å². The number of likely N-dealkylation sites (tertiary alicyclic amines) is 1. The van der Waals surface area contributed by atoms with Crippen LogP contribution in [-0.2, 0) is 6.54 Å². The molecule has 2 bridgehead atoms. The van der Waals surface area contributed by atoms with Crippen LogP contribution in [0.4, 0.5) is 4.39 Å². The van der Waals surface area contributed by atoms with E-state index in [1.807, 2.05) is 6.07 Å². The highest BCUT2D eigenvalue weighted by Crippen LogP contribution is 2.38. The van der Waals surface area contributed by atoms with E-state index in [1.54, 1.807) is 6.07 Å². The highest BCUT2D eigenvalue weighted by molar-refractivity contribution is 5.37. The summed E-state index contributed by atoms with van der Waals surface area (Å²) in [5.41, 5.74) is 1.71. The van der Waals surface area contributed by atoms with Gasteiger partial charge in [-0.2, -0.15) is 0 Å². The van der Waals surface area contributed by atoms with Crippen LogP contribution in [0.2, 0.25) is 0 Å². The largest absolute Gasteiger partial charge is 0.395 e. The molecule has 1 saturated heterocycles. The summed E-state index contributed by atoms with van der Waals surface area (Å²) in [5.74, 6) is 6.40. The van der Waals surface area contributed by atoms with Gasteiger partial charge in [0, 0.05) is 31.1 Å². The fourth-order valence-electron chi connectivity index (χ4n) is 3.49. The average molecular weight is 273 g/mol. The van der Waals surface area contributed by atoms with Gasteiger partial charge in [0.05, 0.1) is 6.61 Å². The topological polar surface area (TPSA) is 23.5 Å². The maximum absolute atomic E-state index is 13.7. The van der Waals surface area contributed by atoms with Gasteiger partial charge in [0.1, 0.15) is 5.82 Å². The van der Waals surface area contributed by atoms with Crippen LogP contribution in [0.15, 0.2) is 18.2 Å². The number of piperidine rings is 1. The first-order valence-corrected chi connectivity index (χ1v) is 7.38. The summed E-state index contributed by atoms with van der Waals surface area (Å²) in [6.45, 7) is 2.03. The van der Waals surface area contributed by atoms with Crippen molar-refractivity contribution in [1.82, 2.24) is 4.90 Å². The minimum absolute atomic E-state index is 0.0476. The van der Waals surface area contributed by atoms with Crippen molar-refractivity contribution in [2.75, 3.05) is 13.2 Å². The van der Waals surface area contributed by atoms with Gasteiger partial charge in [0.2, 0.25) is 0 Å². The lowest BCUT2D eigenvalue weighted by Gasteiger charge is -2.26. The molecule has 0 amide bonds. The van der Waals surface area contributed by atoms with Crippen LogP contribution >= 0.6 is 0 Å². The van der Waals surface area contributed by atoms with Gasteiger partial charge in [-0.15, -0.1) is 0 Å². The zero-order valence-electron chi connectivity index (χ0n) is 11.6. The SMILES string of the molecule is OCCC#Cc1cc(F)cc(CN2CC3CCC2C3)c1. The summed E-state index contributed by atoms with van der Waals surface area (Å²) >= 11 is 0. The lowest BCUT2D eigenvalue weighted by atomic mass is 10.1. The zero-order valence-corrected chi connectivity index (χ0v) is 11.6. The van der Waals surface area contributed by atoms with Crippen molar-refractivity contribution in [2.45, 2.75) is 38.3 Å². The Hall–Kier alpha value is -1.37. The van der Waals surface area contributed by atoms with Crippen molar-refractivity contribution >= 4 is 0 Å². The molecule has 2 aliphatic rings. The molecule has 1 heterocycles. The van der Waals surface area contributed by atoms with Gasteiger partial charge in [-0.3, -0.25) is 4.90 Å². The first kappa shape index (κ1) is 13.6. The minimum atomic E-state index is -0.222. The number of rotatable bonds is 3. The molecule has 1 aliphatic carbocycles. The van der Waals surface area contributed by atoms with E-state index in [0.717, 1.165) is 24.6 Å². The molecule has 0 spiro atoms. The van der Waals surface area contributed by atoms with Gasteiger partial charge >= 0.3 is 0 Å². The van der Waals surface area contributed by atoms with Crippen LogP contribution < -0.4 is 0 Å². The van der Waals surface area contributed by atoms with E-state index in [-0.39, 0.29) is 12.4 Å². The second-order valence-corrected chi connectivity index (χ2v) is 5.89. The lowest BCUT2D eigenvalue weighted by molar-refractivity contribution is 0.205. The van der Waals surface area contributed by atoms with E-state index in [9.17, 15) is 4.39 Å². The van der Waals surface area contributed by atoms with Gasteiger partial charge in [-0.05, 0) is 48.9 Å². The molecule has 3 heteroatoms. The summed E-state index contributed by atoms with van der Waals surface area (Å²) in [7, 11) is 0. The predicted octanol–water partition coefficient (Wildman–Crippen LogP) is 2.54. The maximum atomic E-state index is 13.7. The molecule has 1 N–H and O–H groups in total. The standard InChI is InChI=1S/C17H20FNO/c18-16-8-13(3-1-2-6-20)7-15(9-16)12-19-11-14-4-5-17(19)10-14/h7-9,14,17,20H,2,4-6,10-12H2. The van der Waals surface area contributed by atoms with Gasteiger partial charge in [0.25, 0.3) is 0 Å². The van der Waals surface area contributed by atoms with Crippen molar-refractivity contribution in [3.05, 3.63) is 35.1 Å². The first-order valence-electron chi connectivity index (χ1n) is 7.38. The van der Waals surface area contributed by atoms with Gasteiger partial charge < -0.3 is 5.11 Å². The van der Waals surface area contributed by atoms with E-state index in [2.05, 4.69) is 16.7 Å². The maximum Gasteiger partial charge on any atom is 0.124 e. The van der Waals surface area contributed by atoms with Crippen LogP contribution in [0.1, 0.15) is 36.8 Å². The molecule has 1 saturated carbocycles. The number of benzene rings is 1. The Balaban J connectivity index is 1.71. The van der Waals surface area contributed by atoms with Crippen LogP contribution in [0.25, 0.3) is 0 Å². The fraction of sp³-hybridized carbons (Fsp3) is 0.529. The molecule has 1 aliphatic heterocycles. The molecule has 20 heavy (non-hydrogen) atoms. The van der Waals surface area contributed by atoms with E-state index in [1.165, 1.54) is 25.3 Å². The summed E-state index contributed by atoms with van der Waals surface area (Å²) in [4.78, 5) is 2.48. The van der Waals surface area contributed by atoms with Gasteiger partial charge in [-0.1, -0.05) is 11.8 Å². The Labute approximate surface area is 119 Å². The smallest absolute Gasteiger partial charge is 0.124 e. The molecule has 2 atom stereocenters. The van der Waals surface area contributed by atoms with Crippen molar-refractivity contribution in [3.8, 4) is 11.8 Å². The third-order valence-electron chi connectivity index (χ3n) is 4.34. The van der Waals surface area contributed by atoms with E-state index in [0.29, 0.717) is 18.0 Å². The summed E-state index contributed by atoms with van der Waals surface area (Å²) < 4.78 is 13.7. The number of halogens is 1.